The van der Waals surface area contributed by atoms with Crippen LogP contribution < -0.4 is 5.32 Å². The fraction of sp³-hybridized carbons (Fsp3) is 0.310. The standard InChI is InChI=1S/C29H32ClFN2O2S/c1-21(2)17-32-29(35)27(16-22-8-4-3-5-9-22)33(18-23-12-14-25(30)15-13-23)28(34)20-36-19-24-10-6-7-11-26(24)31/h3-15,21,27H,16-20H2,1-2H3,(H,32,35)/t27-/m0/s1. The zero-order valence-electron chi connectivity index (χ0n) is 20.6. The van der Waals surface area contributed by atoms with Crippen molar-refractivity contribution in [1.29, 1.82) is 0 Å². The zero-order chi connectivity index (χ0) is 25.9. The molecular formula is C29H32ClFN2O2S. The Morgan fingerprint density at radius 2 is 1.61 bits per heavy atom. The first kappa shape index (κ1) is 27.8. The lowest BCUT2D eigenvalue weighted by Crippen LogP contribution is -2.51. The van der Waals surface area contributed by atoms with Gasteiger partial charge in [-0.05, 0) is 40.8 Å². The van der Waals surface area contributed by atoms with Crippen molar-refractivity contribution in [2.24, 2.45) is 5.92 Å². The minimum Gasteiger partial charge on any atom is -0.354 e. The summed E-state index contributed by atoms with van der Waals surface area (Å²) in [5.41, 5.74) is 2.40. The monoisotopic (exact) mass is 526 g/mol. The van der Waals surface area contributed by atoms with Gasteiger partial charge >= 0.3 is 0 Å². The third kappa shape index (κ3) is 8.68. The molecule has 0 heterocycles. The molecule has 3 rings (SSSR count). The van der Waals surface area contributed by atoms with Crippen LogP contribution in [0, 0.1) is 11.7 Å². The van der Waals surface area contributed by atoms with Gasteiger partial charge in [0, 0.05) is 30.3 Å². The van der Waals surface area contributed by atoms with Gasteiger partial charge < -0.3 is 10.2 Å². The van der Waals surface area contributed by atoms with Gasteiger partial charge in [0.05, 0.1) is 5.75 Å². The lowest BCUT2D eigenvalue weighted by molar-refractivity contribution is -0.139. The molecule has 2 amide bonds. The average Bonchev–Trinajstić information content (AvgIpc) is 2.87. The van der Waals surface area contributed by atoms with E-state index in [0.29, 0.717) is 29.3 Å². The molecule has 4 nitrogen and oxygen atoms in total. The Hall–Kier alpha value is -2.83. The maximum atomic E-state index is 14.0. The van der Waals surface area contributed by atoms with E-state index in [0.717, 1.165) is 11.1 Å². The first-order valence-electron chi connectivity index (χ1n) is 12.0. The van der Waals surface area contributed by atoms with Crippen molar-refractivity contribution in [1.82, 2.24) is 10.2 Å². The number of halogens is 2. The molecule has 3 aromatic rings. The predicted molar refractivity (Wildman–Crippen MR) is 146 cm³/mol. The van der Waals surface area contributed by atoms with Gasteiger partial charge in [0.1, 0.15) is 11.9 Å². The molecule has 1 atom stereocenters. The van der Waals surface area contributed by atoms with E-state index in [1.807, 2.05) is 56.3 Å². The van der Waals surface area contributed by atoms with Gasteiger partial charge in [-0.1, -0.05) is 86.1 Å². The number of nitrogens with one attached hydrogen (secondary N) is 1. The molecule has 0 spiro atoms. The molecule has 1 N–H and O–H groups in total. The Bertz CT molecular complexity index is 1130. The van der Waals surface area contributed by atoms with Gasteiger partial charge in [-0.3, -0.25) is 9.59 Å². The number of benzene rings is 3. The highest BCUT2D eigenvalue weighted by atomic mass is 35.5. The van der Waals surface area contributed by atoms with E-state index in [1.165, 1.54) is 17.8 Å². The van der Waals surface area contributed by atoms with Crippen molar-refractivity contribution in [2.75, 3.05) is 12.3 Å². The zero-order valence-corrected chi connectivity index (χ0v) is 22.2. The molecule has 3 aromatic carbocycles. The molecule has 0 aliphatic heterocycles. The highest BCUT2D eigenvalue weighted by molar-refractivity contribution is 7.99. The Labute approximate surface area is 222 Å². The number of thioether (sulfide) groups is 1. The topological polar surface area (TPSA) is 49.4 Å². The second-order valence-electron chi connectivity index (χ2n) is 9.08. The Morgan fingerprint density at radius 3 is 2.28 bits per heavy atom. The van der Waals surface area contributed by atoms with Crippen LogP contribution in [0.3, 0.4) is 0 Å². The molecule has 0 fully saturated rings. The van der Waals surface area contributed by atoms with Crippen LogP contribution in [-0.2, 0) is 28.3 Å². The third-order valence-corrected chi connectivity index (χ3v) is 6.88. The van der Waals surface area contributed by atoms with Crippen LogP contribution in [0.5, 0.6) is 0 Å². The second kappa shape index (κ2) is 14.0. The van der Waals surface area contributed by atoms with Gasteiger partial charge in [-0.15, -0.1) is 11.8 Å². The number of carbonyl (C=O) groups is 2. The molecule has 36 heavy (non-hydrogen) atoms. The van der Waals surface area contributed by atoms with Crippen LogP contribution in [0.1, 0.15) is 30.5 Å². The summed E-state index contributed by atoms with van der Waals surface area (Å²) in [5.74, 6) is 0.135. The Kier molecular flexibility index (Phi) is 10.8. The molecule has 0 unspecified atom stereocenters. The molecule has 0 aromatic heterocycles. The van der Waals surface area contributed by atoms with Crippen molar-refractivity contribution in [2.45, 2.75) is 38.6 Å². The summed E-state index contributed by atoms with van der Waals surface area (Å²) < 4.78 is 14.0. The average molecular weight is 527 g/mol. The third-order valence-electron chi connectivity index (χ3n) is 5.66. The second-order valence-corrected chi connectivity index (χ2v) is 10.5. The highest BCUT2D eigenvalue weighted by Crippen LogP contribution is 2.20. The molecule has 7 heteroatoms. The molecule has 0 bridgehead atoms. The normalized spacial score (nSPS) is 11.8. The van der Waals surface area contributed by atoms with Gasteiger partial charge in [0.2, 0.25) is 11.8 Å². The summed E-state index contributed by atoms with van der Waals surface area (Å²) in [5, 5.41) is 3.62. The smallest absolute Gasteiger partial charge is 0.243 e. The maximum Gasteiger partial charge on any atom is 0.243 e. The number of hydrogen-bond acceptors (Lipinski definition) is 3. The minimum absolute atomic E-state index is 0.130. The molecular weight excluding hydrogens is 495 g/mol. The van der Waals surface area contributed by atoms with E-state index in [4.69, 9.17) is 11.6 Å². The van der Waals surface area contributed by atoms with Crippen LogP contribution in [-0.4, -0.2) is 35.1 Å². The fourth-order valence-electron chi connectivity index (χ4n) is 3.71. The maximum absolute atomic E-state index is 14.0. The molecule has 0 radical (unpaired) electrons. The van der Waals surface area contributed by atoms with Crippen LogP contribution in [0.15, 0.2) is 78.9 Å². The summed E-state index contributed by atoms with van der Waals surface area (Å²) in [6, 6.07) is 22.8. The van der Waals surface area contributed by atoms with Crippen molar-refractivity contribution < 1.29 is 14.0 Å². The van der Waals surface area contributed by atoms with Crippen molar-refractivity contribution in [3.05, 3.63) is 106 Å². The Morgan fingerprint density at radius 1 is 0.944 bits per heavy atom. The van der Waals surface area contributed by atoms with E-state index >= 15 is 0 Å². The lowest BCUT2D eigenvalue weighted by Gasteiger charge is -2.32. The number of rotatable bonds is 12. The molecule has 190 valence electrons. The van der Waals surface area contributed by atoms with Crippen LogP contribution in [0.25, 0.3) is 0 Å². The first-order valence-corrected chi connectivity index (χ1v) is 13.5. The van der Waals surface area contributed by atoms with Gasteiger partial charge in [-0.2, -0.15) is 0 Å². The van der Waals surface area contributed by atoms with Gasteiger partial charge in [0.25, 0.3) is 0 Å². The van der Waals surface area contributed by atoms with E-state index in [2.05, 4.69) is 5.32 Å². The minimum atomic E-state index is -0.691. The number of amides is 2. The van der Waals surface area contributed by atoms with E-state index in [1.54, 1.807) is 35.2 Å². The number of nitrogens with zero attached hydrogens (tertiary/aromatic N) is 1. The quantitative estimate of drug-likeness (QED) is 0.309. The van der Waals surface area contributed by atoms with Crippen LogP contribution >= 0.6 is 23.4 Å². The highest BCUT2D eigenvalue weighted by Gasteiger charge is 2.30. The van der Waals surface area contributed by atoms with Crippen molar-refractivity contribution in [3.8, 4) is 0 Å². The van der Waals surface area contributed by atoms with Gasteiger partial charge in [0.15, 0.2) is 0 Å². The van der Waals surface area contributed by atoms with E-state index in [-0.39, 0.29) is 35.8 Å². The molecule has 0 saturated heterocycles. The van der Waals surface area contributed by atoms with E-state index in [9.17, 15) is 14.0 Å². The SMILES string of the molecule is CC(C)CNC(=O)[C@H](Cc1ccccc1)N(Cc1ccc(Cl)cc1)C(=O)CSCc1ccccc1F. The van der Waals surface area contributed by atoms with Crippen molar-refractivity contribution in [3.63, 3.8) is 0 Å². The number of carbonyl (C=O) groups excluding carboxylic acids is 2. The summed E-state index contributed by atoms with van der Waals surface area (Å²) >= 11 is 7.40. The molecule has 0 aliphatic rings. The summed E-state index contributed by atoms with van der Waals surface area (Å²) in [6.45, 7) is 4.85. The summed E-state index contributed by atoms with van der Waals surface area (Å²) in [4.78, 5) is 28.6. The first-order chi connectivity index (χ1) is 17.3. The van der Waals surface area contributed by atoms with Crippen LogP contribution in [0.4, 0.5) is 4.39 Å². The molecule has 0 saturated carbocycles. The summed E-state index contributed by atoms with van der Waals surface area (Å²) in [6.07, 6.45) is 0.391. The van der Waals surface area contributed by atoms with Gasteiger partial charge in [-0.25, -0.2) is 4.39 Å². The Balaban J connectivity index is 1.84. The molecule has 0 aliphatic carbocycles. The largest absolute Gasteiger partial charge is 0.354 e. The van der Waals surface area contributed by atoms with Crippen molar-refractivity contribution >= 4 is 35.2 Å². The predicted octanol–water partition coefficient (Wildman–Crippen LogP) is 6.12. The van der Waals surface area contributed by atoms with E-state index < -0.39 is 6.04 Å². The van der Waals surface area contributed by atoms with Crippen LogP contribution in [0.2, 0.25) is 5.02 Å². The summed E-state index contributed by atoms with van der Waals surface area (Å²) in [7, 11) is 0. The lowest BCUT2D eigenvalue weighted by atomic mass is 10.0. The fourth-order valence-corrected chi connectivity index (χ4v) is 4.73. The number of hydrogen-bond donors (Lipinski definition) is 1.